The van der Waals surface area contributed by atoms with Crippen molar-refractivity contribution in [2.45, 2.75) is 32.7 Å². The predicted molar refractivity (Wildman–Crippen MR) is 75.9 cm³/mol. The highest BCUT2D eigenvalue weighted by molar-refractivity contribution is 5.20. The Morgan fingerprint density at radius 1 is 1.37 bits per heavy atom. The Morgan fingerprint density at radius 3 is 2.68 bits per heavy atom. The molecule has 104 valence electrons. The standard InChI is InChI=1S/C14H23N5/c1-5-15-14(13-10-18(3)17-11(13)2)7-6-12-8-9-16-19(12)4/h8-10,14-15H,5-7H2,1-4H3. The topological polar surface area (TPSA) is 47.7 Å². The van der Waals surface area contributed by atoms with E-state index < -0.39 is 0 Å². The summed E-state index contributed by atoms with van der Waals surface area (Å²) in [6, 6.07) is 2.44. The molecule has 0 fully saturated rings. The second-order valence-corrected chi connectivity index (χ2v) is 4.94. The molecule has 19 heavy (non-hydrogen) atoms. The summed E-state index contributed by atoms with van der Waals surface area (Å²) in [7, 11) is 3.97. The Labute approximate surface area is 114 Å². The number of hydrogen-bond acceptors (Lipinski definition) is 3. The van der Waals surface area contributed by atoms with Gasteiger partial charge in [-0.15, -0.1) is 0 Å². The first-order valence-electron chi connectivity index (χ1n) is 6.82. The molecule has 0 aromatic carbocycles. The summed E-state index contributed by atoms with van der Waals surface area (Å²) in [5, 5.41) is 12.2. The van der Waals surface area contributed by atoms with Crippen LogP contribution >= 0.6 is 0 Å². The Hall–Kier alpha value is -1.62. The molecule has 0 saturated heterocycles. The number of nitrogens with one attached hydrogen (secondary N) is 1. The first-order valence-corrected chi connectivity index (χ1v) is 6.82. The average Bonchev–Trinajstić information content (AvgIpc) is 2.91. The van der Waals surface area contributed by atoms with Crippen molar-refractivity contribution in [3.8, 4) is 0 Å². The first-order chi connectivity index (χ1) is 9.11. The van der Waals surface area contributed by atoms with Gasteiger partial charge in [0, 0.05) is 43.8 Å². The van der Waals surface area contributed by atoms with Crippen molar-refractivity contribution in [1.82, 2.24) is 24.9 Å². The molecule has 0 bridgehead atoms. The zero-order valence-electron chi connectivity index (χ0n) is 12.2. The molecule has 0 radical (unpaired) electrons. The largest absolute Gasteiger partial charge is 0.310 e. The van der Waals surface area contributed by atoms with Crippen LogP contribution in [0.5, 0.6) is 0 Å². The van der Waals surface area contributed by atoms with Gasteiger partial charge in [-0.3, -0.25) is 9.36 Å². The highest BCUT2D eigenvalue weighted by Crippen LogP contribution is 2.21. The van der Waals surface area contributed by atoms with E-state index in [-0.39, 0.29) is 0 Å². The molecule has 2 aromatic rings. The van der Waals surface area contributed by atoms with Crippen molar-refractivity contribution in [3.63, 3.8) is 0 Å². The molecule has 0 spiro atoms. The fourth-order valence-electron chi connectivity index (χ4n) is 2.51. The molecular formula is C14H23N5. The lowest BCUT2D eigenvalue weighted by atomic mass is 10.0. The Kier molecular flexibility index (Phi) is 4.37. The van der Waals surface area contributed by atoms with Crippen LogP contribution in [0.1, 0.15) is 36.3 Å². The van der Waals surface area contributed by atoms with Crippen LogP contribution in [0.15, 0.2) is 18.5 Å². The van der Waals surface area contributed by atoms with Gasteiger partial charge < -0.3 is 5.32 Å². The molecule has 2 rings (SSSR count). The molecule has 5 heteroatoms. The minimum absolute atomic E-state index is 0.355. The fourth-order valence-corrected chi connectivity index (χ4v) is 2.51. The van der Waals surface area contributed by atoms with Gasteiger partial charge in [-0.05, 0) is 32.4 Å². The van der Waals surface area contributed by atoms with Crippen molar-refractivity contribution in [3.05, 3.63) is 35.4 Å². The maximum absolute atomic E-state index is 4.44. The zero-order valence-corrected chi connectivity index (χ0v) is 12.2. The molecule has 5 nitrogen and oxygen atoms in total. The van der Waals surface area contributed by atoms with Crippen LogP contribution in [0.3, 0.4) is 0 Å². The molecule has 0 amide bonds. The van der Waals surface area contributed by atoms with E-state index in [4.69, 9.17) is 0 Å². The summed E-state index contributed by atoms with van der Waals surface area (Å²) in [6.45, 7) is 5.18. The lowest BCUT2D eigenvalue weighted by Crippen LogP contribution is -2.22. The van der Waals surface area contributed by atoms with Crippen molar-refractivity contribution in [2.75, 3.05) is 6.54 Å². The smallest absolute Gasteiger partial charge is 0.0641 e. The summed E-state index contributed by atoms with van der Waals surface area (Å²) >= 11 is 0. The number of aryl methyl sites for hydroxylation is 4. The third kappa shape index (κ3) is 3.23. The average molecular weight is 261 g/mol. The first kappa shape index (κ1) is 13.8. The number of rotatable bonds is 6. The summed E-state index contributed by atoms with van der Waals surface area (Å²) in [5.41, 5.74) is 3.68. The molecule has 1 N–H and O–H groups in total. The SMILES string of the molecule is CCNC(CCc1ccnn1C)c1cn(C)nc1C. The highest BCUT2D eigenvalue weighted by Gasteiger charge is 2.16. The Bertz CT molecular complexity index is 526. The summed E-state index contributed by atoms with van der Waals surface area (Å²) < 4.78 is 3.83. The van der Waals surface area contributed by atoms with E-state index in [0.29, 0.717) is 6.04 Å². The van der Waals surface area contributed by atoms with Crippen LogP contribution in [-0.2, 0) is 20.5 Å². The second-order valence-electron chi connectivity index (χ2n) is 4.94. The third-order valence-electron chi connectivity index (χ3n) is 3.49. The quantitative estimate of drug-likeness (QED) is 0.861. The zero-order chi connectivity index (χ0) is 13.8. The van der Waals surface area contributed by atoms with Crippen LogP contribution in [0, 0.1) is 6.92 Å². The maximum Gasteiger partial charge on any atom is 0.0641 e. The number of nitrogens with zero attached hydrogens (tertiary/aromatic N) is 4. The predicted octanol–water partition coefficient (Wildman–Crippen LogP) is 1.75. The van der Waals surface area contributed by atoms with Gasteiger partial charge in [0.25, 0.3) is 0 Å². The van der Waals surface area contributed by atoms with Crippen LogP contribution in [-0.4, -0.2) is 26.1 Å². The van der Waals surface area contributed by atoms with Crippen LogP contribution in [0.4, 0.5) is 0 Å². The van der Waals surface area contributed by atoms with Gasteiger partial charge >= 0.3 is 0 Å². The summed E-state index contributed by atoms with van der Waals surface area (Å²) in [4.78, 5) is 0. The molecule has 1 atom stereocenters. The summed E-state index contributed by atoms with van der Waals surface area (Å²) in [6.07, 6.45) is 6.04. The van der Waals surface area contributed by atoms with Gasteiger partial charge in [0.1, 0.15) is 0 Å². The van der Waals surface area contributed by atoms with Gasteiger partial charge in [0.15, 0.2) is 0 Å². The molecule has 0 aliphatic carbocycles. The van der Waals surface area contributed by atoms with Gasteiger partial charge in [-0.1, -0.05) is 6.92 Å². The number of hydrogen-bond donors (Lipinski definition) is 1. The van der Waals surface area contributed by atoms with Crippen LogP contribution < -0.4 is 5.32 Å². The molecular weight excluding hydrogens is 238 g/mol. The monoisotopic (exact) mass is 261 g/mol. The third-order valence-corrected chi connectivity index (χ3v) is 3.49. The number of aromatic nitrogens is 4. The molecule has 0 aliphatic heterocycles. The Morgan fingerprint density at radius 2 is 2.16 bits per heavy atom. The minimum atomic E-state index is 0.355. The molecule has 0 saturated carbocycles. The molecule has 0 aliphatic rings. The van der Waals surface area contributed by atoms with E-state index in [1.165, 1.54) is 11.3 Å². The normalized spacial score (nSPS) is 12.8. The van der Waals surface area contributed by atoms with Crippen LogP contribution in [0.2, 0.25) is 0 Å². The second kappa shape index (κ2) is 6.02. The fraction of sp³-hybridized carbons (Fsp3) is 0.571. The van der Waals surface area contributed by atoms with Crippen molar-refractivity contribution < 1.29 is 0 Å². The minimum Gasteiger partial charge on any atom is -0.310 e. The molecule has 2 heterocycles. The maximum atomic E-state index is 4.44. The molecule has 1 unspecified atom stereocenters. The van der Waals surface area contributed by atoms with Crippen molar-refractivity contribution >= 4 is 0 Å². The van der Waals surface area contributed by atoms with E-state index in [1.807, 2.05) is 29.7 Å². The highest BCUT2D eigenvalue weighted by atomic mass is 15.3. The van der Waals surface area contributed by atoms with E-state index in [9.17, 15) is 0 Å². The van der Waals surface area contributed by atoms with Gasteiger partial charge in [0.05, 0.1) is 5.69 Å². The van der Waals surface area contributed by atoms with E-state index in [2.05, 4.69) is 41.6 Å². The van der Waals surface area contributed by atoms with Gasteiger partial charge in [-0.2, -0.15) is 10.2 Å². The van der Waals surface area contributed by atoms with E-state index in [1.54, 1.807) is 0 Å². The Balaban J connectivity index is 2.08. The van der Waals surface area contributed by atoms with Gasteiger partial charge in [0.2, 0.25) is 0 Å². The van der Waals surface area contributed by atoms with E-state index in [0.717, 1.165) is 25.1 Å². The van der Waals surface area contributed by atoms with Crippen LogP contribution in [0.25, 0.3) is 0 Å². The summed E-state index contributed by atoms with van der Waals surface area (Å²) in [5.74, 6) is 0. The lowest BCUT2D eigenvalue weighted by Gasteiger charge is -2.17. The molecule has 2 aromatic heterocycles. The van der Waals surface area contributed by atoms with Gasteiger partial charge in [-0.25, -0.2) is 0 Å². The van der Waals surface area contributed by atoms with Crippen molar-refractivity contribution in [2.24, 2.45) is 14.1 Å². The lowest BCUT2D eigenvalue weighted by molar-refractivity contribution is 0.504. The van der Waals surface area contributed by atoms with Crippen molar-refractivity contribution in [1.29, 1.82) is 0 Å². The van der Waals surface area contributed by atoms with E-state index >= 15 is 0 Å².